The predicted octanol–water partition coefficient (Wildman–Crippen LogP) is 1.12. The van der Waals surface area contributed by atoms with E-state index in [0.29, 0.717) is 24.6 Å². The lowest BCUT2D eigenvalue weighted by molar-refractivity contribution is 0.0955. The number of nitrogens with two attached hydrogens (primary N) is 1. The van der Waals surface area contributed by atoms with Crippen LogP contribution < -0.4 is 16.4 Å². The van der Waals surface area contributed by atoms with Crippen molar-refractivity contribution in [2.24, 2.45) is 10.7 Å². The van der Waals surface area contributed by atoms with Gasteiger partial charge in [0.1, 0.15) is 0 Å². The Kier molecular flexibility index (Phi) is 5.36. The Bertz CT molecular complexity index is 435. The van der Waals surface area contributed by atoms with Crippen molar-refractivity contribution >= 4 is 11.9 Å². The molecule has 19 heavy (non-hydrogen) atoms. The molecule has 0 spiro atoms. The standard InChI is InChI=1S/C14H22N4O/c1-14(2,3)18-13(15)17-10-9-16-12(19)11-7-5-4-6-8-11/h4-8H,9-10H2,1-3H3,(H,16,19)(H3,15,17,18). The van der Waals surface area contributed by atoms with Crippen molar-refractivity contribution in [2.75, 3.05) is 13.1 Å². The summed E-state index contributed by atoms with van der Waals surface area (Å²) in [6, 6.07) is 9.08. The van der Waals surface area contributed by atoms with E-state index in [4.69, 9.17) is 5.73 Å². The second-order valence-electron chi connectivity index (χ2n) is 5.26. The first kappa shape index (κ1) is 15.0. The van der Waals surface area contributed by atoms with E-state index in [1.807, 2.05) is 39.0 Å². The number of hydrogen-bond donors (Lipinski definition) is 3. The van der Waals surface area contributed by atoms with Crippen LogP contribution in [-0.4, -0.2) is 30.5 Å². The minimum atomic E-state index is -0.110. The van der Waals surface area contributed by atoms with Crippen LogP contribution in [0.25, 0.3) is 0 Å². The van der Waals surface area contributed by atoms with Crippen LogP contribution in [0.2, 0.25) is 0 Å². The van der Waals surface area contributed by atoms with Gasteiger partial charge in [-0.3, -0.25) is 9.79 Å². The number of guanidine groups is 1. The molecule has 0 saturated carbocycles. The quantitative estimate of drug-likeness (QED) is 0.432. The van der Waals surface area contributed by atoms with Crippen LogP contribution in [-0.2, 0) is 0 Å². The van der Waals surface area contributed by atoms with Gasteiger partial charge in [0.2, 0.25) is 0 Å². The lowest BCUT2D eigenvalue weighted by atomic mass is 10.1. The summed E-state index contributed by atoms with van der Waals surface area (Å²) in [6.45, 7) is 6.93. The number of benzene rings is 1. The monoisotopic (exact) mass is 262 g/mol. The fraction of sp³-hybridized carbons (Fsp3) is 0.429. The fourth-order valence-electron chi connectivity index (χ4n) is 1.46. The summed E-state index contributed by atoms with van der Waals surface area (Å²) in [7, 11) is 0. The van der Waals surface area contributed by atoms with E-state index >= 15 is 0 Å². The van der Waals surface area contributed by atoms with Gasteiger partial charge in [-0.05, 0) is 32.9 Å². The van der Waals surface area contributed by atoms with Gasteiger partial charge in [0, 0.05) is 17.6 Å². The highest BCUT2D eigenvalue weighted by atomic mass is 16.1. The van der Waals surface area contributed by atoms with Gasteiger partial charge in [0.15, 0.2) is 5.96 Å². The first-order valence-corrected chi connectivity index (χ1v) is 6.30. The van der Waals surface area contributed by atoms with Crippen molar-refractivity contribution in [3.05, 3.63) is 35.9 Å². The van der Waals surface area contributed by atoms with Crippen LogP contribution in [0.15, 0.2) is 35.3 Å². The highest BCUT2D eigenvalue weighted by molar-refractivity contribution is 5.94. The summed E-state index contributed by atoms with van der Waals surface area (Å²) in [5, 5.41) is 5.84. The van der Waals surface area contributed by atoms with Gasteiger partial charge < -0.3 is 16.4 Å². The molecular formula is C14H22N4O. The van der Waals surface area contributed by atoms with Crippen LogP contribution in [0.4, 0.5) is 0 Å². The molecule has 0 aliphatic rings. The molecule has 1 amide bonds. The van der Waals surface area contributed by atoms with Crippen molar-refractivity contribution in [1.29, 1.82) is 0 Å². The zero-order chi connectivity index (χ0) is 14.3. The lowest BCUT2D eigenvalue weighted by Crippen LogP contribution is -2.45. The molecule has 0 atom stereocenters. The molecule has 1 rings (SSSR count). The molecule has 5 heteroatoms. The first-order chi connectivity index (χ1) is 8.88. The second-order valence-corrected chi connectivity index (χ2v) is 5.26. The van der Waals surface area contributed by atoms with Crippen molar-refractivity contribution in [3.8, 4) is 0 Å². The summed E-state index contributed by atoms with van der Waals surface area (Å²) in [5.41, 5.74) is 6.25. The molecule has 0 aliphatic heterocycles. The molecular weight excluding hydrogens is 240 g/mol. The minimum absolute atomic E-state index is 0.0989. The van der Waals surface area contributed by atoms with Crippen molar-refractivity contribution < 1.29 is 4.79 Å². The zero-order valence-corrected chi connectivity index (χ0v) is 11.7. The number of rotatable bonds is 4. The molecule has 4 N–H and O–H groups in total. The summed E-state index contributed by atoms with van der Waals surface area (Å²) in [5.74, 6) is 0.291. The molecule has 0 saturated heterocycles. The summed E-state index contributed by atoms with van der Waals surface area (Å²) in [4.78, 5) is 15.9. The number of carbonyl (C=O) groups excluding carboxylic acids is 1. The van der Waals surface area contributed by atoms with E-state index in [0.717, 1.165) is 0 Å². The zero-order valence-electron chi connectivity index (χ0n) is 11.7. The molecule has 0 aromatic heterocycles. The van der Waals surface area contributed by atoms with Crippen LogP contribution in [0.3, 0.4) is 0 Å². The van der Waals surface area contributed by atoms with Gasteiger partial charge in [-0.15, -0.1) is 0 Å². The smallest absolute Gasteiger partial charge is 0.251 e. The van der Waals surface area contributed by atoms with E-state index in [9.17, 15) is 4.79 Å². The first-order valence-electron chi connectivity index (χ1n) is 6.30. The topological polar surface area (TPSA) is 79.5 Å². The summed E-state index contributed by atoms with van der Waals surface area (Å²) >= 11 is 0. The average Bonchev–Trinajstić information content (AvgIpc) is 2.33. The number of hydrogen-bond acceptors (Lipinski definition) is 2. The van der Waals surface area contributed by atoms with E-state index in [2.05, 4.69) is 15.6 Å². The molecule has 0 bridgehead atoms. The van der Waals surface area contributed by atoms with Crippen molar-refractivity contribution in [3.63, 3.8) is 0 Å². The Morgan fingerprint density at radius 3 is 2.47 bits per heavy atom. The average molecular weight is 262 g/mol. The molecule has 1 aromatic rings. The van der Waals surface area contributed by atoms with Crippen LogP contribution in [0.1, 0.15) is 31.1 Å². The van der Waals surface area contributed by atoms with E-state index in [-0.39, 0.29) is 11.4 Å². The number of nitrogens with zero attached hydrogens (tertiary/aromatic N) is 1. The number of amides is 1. The largest absolute Gasteiger partial charge is 0.370 e. The van der Waals surface area contributed by atoms with Gasteiger partial charge in [-0.25, -0.2) is 0 Å². The van der Waals surface area contributed by atoms with Crippen LogP contribution in [0, 0.1) is 0 Å². The van der Waals surface area contributed by atoms with E-state index < -0.39 is 0 Å². The maximum absolute atomic E-state index is 11.7. The molecule has 5 nitrogen and oxygen atoms in total. The molecule has 0 radical (unpaired) electrons. The van der Waals surface area contributed by atoms with Gasteiger partial charge >= 0.3 is 0 Å². The normalized spacial score (nSPS) is 12.1. The lowest BCUT2D eigenvalue weighted by Gasteiger charge is -2.20. The molecule has 0 fully saturated rings. The Morgan fingerprint density at radius 2 is 1.89 bits per heavy atom. The Labute approximate surface area is 114 Å². The number of nitrogens with one attached hydrogen (secondary N) is 2. The highest BCUT2D eigenvalue weighted by Gasteiger charge is 2.09. The summed E-state index contributed by atoms with van der Waals surface area (Å²) in [6.07, 6.45) is 0. The van der Waals surface area contributed by atoms with Crippen molar-refractivity contribution in [1.82, 2.24) is 10.6 Å². The van der Waals surface area contributed by atoms with Crippen LogP contribution >= 0.6 is 0 Å². The van der Waals surface area contributed by atoms with Gasteiger partial charge in [-0.1, -0.05) is 18.2 Å². The third-order valence-corrected chi connectivity index (χ3v) is 2.22. The number of aliphatic imine (C=N–C) groups is 1. The van der Waals surface area contributed by atoms with E-state index in [1.165, 1.54) is 0 Å². The third-order valence-electron chi connectivity index (χ3n) is 2.22. The maximum Gasteiger partial charge on any atom is 0.251 e. The van der Waals surface area contributed by atoms with Gasteiger partial charge in [0.25, 0.3) is 5.91 Å². The maximum atomic E-state index is 11.7. The molecule has 0 aliphatic carbocycles. The van der Waals surface area contributed by atoms with Crippen LogP contribution in [0.5, 0.6) is 0 Å². The Morgan fingerprint density at radius 1 is 1.26 bits per heavy atom. The van der Waals surface area contributed by atoms with Crippen molar-refractivity contribution in [2.45, 2.75) is 26.3 Å². The fourth-order valence-corrected chi connectivity index (χ4v) is 1.46. The molecule has 104 valence electrons. The minimum Gasteiger partial charge on any atom is -0.370 e. The molecule has 0 heterocycles. The number of carbonyl (C=O) groups is 1. The van der Waals surface area contributed by atoms with E-state index in [1.54, 1.807) is 12.1 Å². The third kappa shape index (κ3) is 6.45. The Balaban J connectivity index is 2.31. The van der Waals surface area contributed by atoms with Gasteiger partial charge in [0.05, 0.1) is 6.54 Å². The molecule has 1 aromatic carbocycles. The van der Waals surface area contributed by atoms with Gasteiger partial charge in [-0.2, -0.15) is 0 Å². The SMILES string of the molecule is CC(C)(C)NC(N)=NCCNC(=O)c1ccccc1. The second kappa shape index (κ2) is 6.78. The molecule has 0 unspecified atom stereocenters. The predicted molar refractivity (Wildman–Crippen MR) is 78.2 cm³/mol. The highest BCUT2D eigenvalue weighted by Crippen LogP contribution is 1.98. The summed E-state index contributed by atoms with van der Waals surface area (Å²) < 4.78 is 0. The Hall–Kier alpha value is -2.04.